The van der Waals surface area contributed by atoms with Crippen molar-refractivity contribution in [2.24, 2.45) is 0 Å². The van der Waals surface area contributed by atoms with Gasteiger partial charge < -0.3 is 14.7 Å². The van der Waals surface area contributed by atoms with Gasteiger partial charge in [0.2, 0.25) is 0 Å². The summed E-state index contributed by atoms with van der Waals surface area (Å²) in [5, 5.41) is 11.1. The number of aliphatic hydroxyl groups excluding tert-OH is 1. The molecular formula is C22H25N5O4. The molecule has 0 aliphatic carbocycles. The number of hydrogen-bond donors (Lipinski definition) is 1. The summed E-state index contributed by atoms with van der Waals surface area (Å²) in [5.74, 6) is -1.05. The number of carbonyl (C=O) groups is 2. The summed E-state index contributed by atoms with van der Waals surface area (Å²) < 4.78 is 5.38. The van der Waals surface area contributed by atoms with Crippen molar-refractivity contribution in [2.75, 3.05) is 39.4 Å². The van der Waals surface area contributed by atoms with Crippen LogP contribution < -0.4 is 0 Å². The number of ketones is 1. The predicted molar refractivity (Wildman–Crippen MR) is 112 cm³/mol. The fourth-order valence-electron chi connectivity index (χ4n) is 4.03. The largest absolute Gasteiger partial charge is 0.507 e. The van der Waals surface area contributed by atoms with Gasteiger partial charge in [0.15, 0.2) is 0 Å². The van der Waals surface area contributed by atoms with Gasteiger partial charge in [0.1, 0.15) is 11.6 Å². The van der Waals surface area contributed by atoms with E-state index in [0.29, 0.717) is 48.9 Å². The number of morpholine rings is 1. The van der Waals surface area contributed by atoms with Crippen molar-refractivity contribution >= 4 is 17.4 Å². The van der Waals surface area contributed by atoms with Crippen LogP contribution in [0, 0.1) is 13.8 Å². The topological polar surface area (TPSA) is 109 Å². The zero-order chi connectivity index (χ0) is 22.0. The van der Waals surface area contributed by atoms with E-state index in [0.717, 1.165) is 13.1 Å². The zero-order valence-electron chi connectivity index (χ0n) is 17.6. The molecule has 0 bridgehead atoms. The van der Waals surface area contributed by atoms with Gasteiger partial charge in [-0.05, 0) is 25.5 Å². The molecular weight excluding hydrogens is 398 g/mol. The van der Waals surface area contributed by atoms with Crippen LogP contribution >= 0.6 is 0 Å². The van der Waals surface area contributed by atoms with Gasteiger partial charge in [0, 0.05) is 44.8 Å². The van der Waals surface area contributed by atoms with Crippen molar-refractivity contribution in [3.05, 3.63) is 58.9 Å². The monoisotopic (exact) mass is 423 g/mol. The third-order valence-corrected chi connectivity index (χ3v) is 5.66. The summed E-state index contributed by atoms with van der Waals surface area (Å²) in [7, 11) is 0. The lowest BCUT2D eigenvalue weighted by molar-refractivity contribution is -0.140. The van der Waals surface area contributed by atoms with Crippen molar-refractivity contribution in [3.63, 3.8) is 0 Å². The van der Waals surface area contributed by atoms with Crippen LogP contribution in [-0.2, 0) is 14.3 Å². The summed E-state index contributed by atoms with van der Waals surface area (Å²) in [4.78, 5) is 42.3. The van der Waals surface area contributed by atoms with Crippen molar-refractivity contribution < 1.29 is 19.4 Å². The summed E-state index contributed by atoms with van der Waals surface area (Å²) >= 11 is 0. The number of likely N-dealkylation sites (tertiary alicyclic amines) is 1. The van der Waals surface area contributed by atoms with Gasteiger partial charge in [0.05, 0.1) is 36.1 Å². The molecule has 0 spiro atoms. The third-order valence-electron chi connectivity index (χ3n) is 5.66. The molecule has 1 unspecified atom stereocenters. The molecule has 9 nitrogen and oxygen atoms in total. The molecule has 2 saturated heterocycles. The number of amides is 1. The van der Waals surface area contributed by atoms with Crippen LogP contribution in [0.5, 0.6) is 0 Å². The molecule has 9 heteroatoms. The van der Waals surface area contributed by atoms with E-state index in [2.05, 4.69) is 19.9 Å². The Morgan fingerprint density at radius 2 is 1.97 bits per heavy atom. The van der Waals surface area contributed by atoms with Crippen molar-refractivity contribution in [1.29, 1.82) is 0 Å². The second kappa shape index (κ2) is 8.91. The standard InChI is InChI=1S/C22H25N5O4/c1-14-17(13-24-15(2)25-14)20(28)18-19(16-4-3-5-23-12-16)27(22(30)21(18)29)7-6-26-8-10-31-11-9-26/h3-5,12-13,19,28H,6-11H2,1-2H3. The number of aromatic nitrogens is 3. The first-order valence-corrected chi connectivity index (χ1v) is 10.3. The molecule has 0 saturated carbocycles. The first kappa shape index (κ1) is 21.1. The minimum Gasteiger partial charge on any atom is -0.507 e. The number of aryl methyl sites for hydroxylation is 2. The van der Waals surface area contributed by atoms with E-state index < -0.39 is 17.7 Å². The van der Waals surface area contributed by atoms with Crippen LogP contribution in [0.3, 0.4) is 0 Å². The number of aliphatic hydroxyl groups is 1. The van der Waals surface area contributed by atoms with E-state index in [4.69, 9.17) is 4.74 Å². The van der Waals surface area contributed by atoms with Gasteiger partial charge in [-0.1, -0.05) is 6.07 Å². The molecule has 1 amide bonds. The highest BCUT2D eigenvalue weighted by Crippen LogP contribution is 2.39. The highest BCUT2D eigenvalue weighted by Gasteiger charge is 2.46. The number of Topliss-reactive ketones (excluding diaryl/α,β-unsaturated/α-hetero) is 1. The Hall–Kier alpha value is -3.17. The Labute approximate surface area is 180 Å². The number of ether oxygens (including phenoxy) is 1. The van der Waals surface area contributed by atoms with E-state index in [9.17, 15) is 14.7 Å². The zero-order valence-corrected chi connectivity index (χ0v) is 17.6. The number of nitrogens with zero attached hydrogens (tertiary/aromatic N) is 5. The Balaban J connectivity index is 1.74. The van der Waals surface area contributed by atoms with Crippen LogP contribution in [0.2, 0.25) is 0 Å². The molecule has 0 aromatic carbocycles. The van der Waals surface area contributed by atoms with Crippen LogP contribution in [0.25, 0.3) is 5.76 Å². The van der Waals surface area contributed by atoms with E-state index in [-0.39, 0.29) is 11.3 Å². The average Bonchev–Trinajstić information content (AvgIpc) is 3.03. The molecule has 0 radical (unpaired) electrons. The lowest BCUT2D eigenvalue weighted by Gasteiger charge is -2.30. The maximum Gasteiger partial charge on any atom is 0.295 e. The number of rotatable bonds is 5. The molecule has 1 atom stereocenters. The Morgan fingerprint density at radius 3 is 2.65 bits per heavy atom. The molecule has 2 aliphatic heterocycles. The normalized spacial score (nSPS) is 21.6. The van der Waals surface area contributed by atoms with Gasteiger partial charge in [-0.2, -0.15) is 0 Å². The predicted octanol–water partition coefficient (Wildman–Crippen LogP) is 1.24. The Morgan fingerprint density at radius 1 is 1.19 bits per heavy atom. The van der Waals surface area contributed by atoms with Gasteiger partial charge in [-0.3, -0.25) is 19.5 Å². The van der Waals surface area contributed by atoms with E-state index in [1.165, 1.54) is 11.1 Å². The molecule has 2 aromatic heterocycles. The number of carbonyl (C=O) groups excluding carboxylic acids is 2. The quantitative estimate of drug-likeness (QED) is 0.435. The highest BCUT2D eigenvalue weighted by molar-refractivity contribution is 6.46. The van der Waals surface area contributed by atoms with Crippen LogP contribution in [-0.4, -0.2) is 80.9 Å². The summed E-state index contributed by atoms with van der Waals surface area (Å²) in [6.07, 6.45) is 4.72. The van der Waals surface area contributed by atoms with E-state index in [1.54, 1.807) is 38.4 Å². The lowest BCUT2D eigenvalue weighted by Crippen LogP contribution is -2.42. The van der Waals surface area contributed by atoms with Crippen molar-refractivity contribution in [1.82, 2.24) is 24.8 Å². The molecule has 4 heterocycles. The van der Waals surface area contributed by atoms with Crippen molar-refractivity contribution in [2.45, 2.75) is 19.9 Å². The summed E-state index contributed by atoms with van der Waals surface area (Å²) in [6.45, 7) is 7.30. The second-order valence-electron chi connectivity index (χ2n) is 7.65. The molecule has 1 N–H and O–H groups in total. The average molecular weight is 423 g/mol. The first-order chi connectivity index (χ1) is 15.0. The van der Waals surface area contributed by atoms with Crippen LogP contribution in [0.4, 0.5) is 0 Å². The molecule has 31 heavy (non-hydrogen) atoms. The first-order valence-electron chi connectivity index (χ1n) is 10.3. The molecule has 2 fully saturated rings. The third kappa shape index (κ3) is 4.19. The van der Waals surface area contributed by atoms with Crippen LogP contribution in [0.1, 0.15) is 28.7 Å². The molecule has 162 valence electrons. The van der Waals surface area contributed by atoms with Crippen molar-refractivity contribution in [3.8, 4) is 0 Å². The summed E-state index contributed by atoms with van der Waals surface area (Å²) in [6, 6.07) is 2.82. The minimum atomic E-state index is -0.726. The SMILES string of the molecule is Cc1ncc(C(O)=C2C(=O)C(=O)N(CCN3CCOCC3)C2c2cccnc2)c(C)n1. The lowest BCUT2D eigenvalue weighted by atomic mass is 9.96. The molecule has 4 rings (SSSR count). The van der Waals surface area contributed by atoms with Gasteiger partial charge in [-0.25, -0.2) is 9.97 Å². The van der Waals surface area contributed by atoms with E-state index >= 15 is 0 Å². The van der Waals surface area contributed by atoms with Gasteiger partial charge >= 0.3 is 0 Å². The minimum absolute atomic E-state index is 0.0375. The highest BCUT2D eigenvalue weighted by atomic mass is 16.5. The fraction of sp³-hybridized carbons (Fsp3) is 0.409. The molecule has 2 aromatic rings. The van der Waals surface area contributed by atoms with Crippen LogP contribution in [0.15, 0.2) is 36.3 Å². The fourth-order valence-corrected chi connectivity index (χ4v) is 4.03. The Bertz CT molecular complexity index is 1020. The number of pyridine rings is 1. The van der Waals surface area contributed by atoms with Gasteiger partial charge in [0.25, 0.3) is 11.7 Å². The Kier molecular flexibility index (Phi) is 6.06. The maximum atomic E-state index is 13.0. The molecule has 2 aliphatic rings. The van der Waals surface area contributed by atoms with E-state index in [1.807, 2.05) is 0 Å². The number of hydrogen-bond acceptors (Lipinski definition) is 8. The summed E-state index contributed by atoms with van der Waals surface area (Å²) in [5.41, 5.74) is 1.58. The smallest absolute Gasteiger partial charge is 0.295 e. The maximum absolute atomic E-state index is 13.0. The second-order valence-corrected chi connectivity index (χ2v) is 7.65. The van der Waals surface area contributed by atoms with Gasteiger partial charge in [-0.15, -0.1) is 0 Å².